The number of alkyl halides is 3. The average molecular weight is 1480 g/mol. The number of hydrogen-bond donors (Lipinski definition) is 3. The summed E-state index contributed by atoms with van der Waals surface area (Å²) in [5.41, 5.74) is -0.595. The molecule has 6 atom stereocenters. The first-order valence-corrected chi connectivity index (χ1v) is 37.2. The normalized spacial score (nSPS) is 24.8. The molecule has 3 aromatic carbocycles. The SMILES string of the molecule is Cn1cnc(S(=O)(=O)N2CC3C(C2)C3(CNC(=O)c2ccccc2C(F)(F)F)c2ncccc2Cn2cnc(S(=O)(=O)N3CC4C(C3)C4(CNC(=O)c3ccccc3Cl)c3ncccc3-c3ccc(S(=O)(=O)N4CC5C(C4)C5(CNC(=O)c4ccc(Cl)cc4Cl)c4ccccn4)nc3)c2)c1. The summed E-state index contributed by atoms with van der Waals surface area (Å²) in [6.07, 6.45) is 6.88. The second kappa shape index (κ2) is 24.9. The van der Waals surface area contributed by atoms with Crippen molar-refractivity contribution in [1.29, 1.82) is 0 Å². The number of imidazole rings is 2. The molecule has 32 heteroatoms. The van der Waals surface area contributed by atoms with Crippen LogP contribution in [0, 0.1) is 35.5 Å². The number of sulfonamides is 3. The maximum Gasteiger partial charge on any atom is 0.417 e. The minimum Gasteiger partial charge on any atom is -0.351 e. The molecule has 516 valence electrons. The molecule has 3 N–H and O–H groups in total. The number of nitrogens with one attached hydrogen (secondary N) is 3. The Kier molecular flexibility index (Phi) is 16.8. The standard InChI is InChI=1S/C68H60Cl3F3N14O9S3/c1-84-33-58(82-38-84)99(94,95)87-29-50-51(30-87)66(50,36-80-62(89)44-11-2-4-14-47(44)68(72,73)74)60-41(10-8-22-76-60)26-85-34-59(83-39-85)100(96,97)88-31-52-53(32-88)67(52,37-81-63(90)45-12-3-5-15-54(45)70)61-43(13-9-23-77-61)40-17-20-57(78-25-40)98(92,93)86-27-48-49(28-86)65(48,56-16-6-7-21-75-56)35-79-64(91)46-19-18-42(69)24-55(46)71/h2-25,33-34,38-39,48-53H,26-32,35-37H2,1H3,(H,79,91)(H,80,89)(H,81,90). The number of benzene rings is 3. The topological polar surface area (TPSA) is 287 Å². The molecule has 3 saturated carbocycles. The van der Waals surface area contributed by atoms with Gasteiger partial charge in [0.2, 0.25) is 0 Å². The van der Waals surface area contributed by atoms with E-state index in [1.165, 1.54) is 79.2 Å². The first-order chi connectivity index (χ1) is 47.8. The molecule has 3 amide bonds. The Bertz CT molecular complexity index is 5120. The van der Waals surface area contributed by atoms with Gasteiger partial charge in [-0.05, 0) is 120 Å². The smallest absolute Gasteiger partial charge is 0.351 e. The number of aryl methyl sites for hydroxylation is 1. The van der Waals surface area contributed by atoms with Crippen molar-refractivity contribution in [3.8, 4) is 11.1 Å². The van der Waals surface area contributed by atoms with Crippen LogP contribution in [0.1, 0.15) is 59.3 Å². The van der Waals surface area contributed by atoms with E-state index >= 15 is 0 Å². The van der Waals surface area contributed by atoms with Crippen molar-refractivity contribution in [2.24, 2.45) is 42.6 Å². The number of halogens is 6. The Morgan fingerprint density at radius 3 is 1.59 bits per heavy atom. The fourth-order valence-electron chi connectivity index (χ4n) is 16.0. The Labute approximate surface area is 587 Å². The van der Waals surface area contributed by atoms with Crippen molar-refractivity contribution in [2.45, 2.75) is 44.0 Å². The number of carbonyl (C=O) groups excluding carboxylic acids is 3. The zero-order chi connectivity index (χ0) is 70.1. The zero-order valence-electron chi connectivity index (χ0n) is 52.8. The Hall–Kier alpha value is -8.52. The summed E-state index contributed by atoms with van der Waals surface area (Å²) in [7, 11) is -10.9. The first-order valence-electron chi connectivity index (χ1n) is 31.8. The number of nitrogens with zero attached hydrogens (tertiary/aromatic N) is 11. The molecule has 9 heterocycles. The van der Waals surface area contributed by atoms with Gasteiger partial charge in [-0.25, -0.2) is 40.2 Å². The lowest BCUT2D eigenvalue weighted by Gasteiger charge is -2.28. The minimum absolute atomic E-state index is 0.00444. The highest BCUT2D eigenvalue weighted by Gasteiger charge is 2.74. The highest BCUT2D eigenvalue weighted by atomic mass is 35.5. The largest absolute Gasteiger partial charge is 0.417 e. The molecule has 23 nitrogen and oxygen atoms in total. The van der Waals surface area contributed by atoms with Crippen LogP contribution >= 0.6 is 34.8 Å². The van der Waals surface area contributed by atoms with Crippen molar-refractivity contribution in [2.75, 3.05) is 58.9 Å². The van der Waals surface area contributed by atoms with Gasteiger partial charge in [0.25, 0.3) is 47.8 Å². The molecular weight excluding hydrogens is 1420 g/mol. The number of hydrogen-bond acceptors (Lipinski definition) is 15. The summed E-state index contributed by atoms with van der Waals surface area (Å²) >= 11 is 19.0. The quantitative estimate of drug-likeness (QED) is 0.0620. The third kappa shape index (κ3) is 11.3. The number of amides is 3. The second-order valence-corrected chi connectivity index (χ2v) is 33.1. The first kappa shape index (κ1) is 67.3. The van der Waals surface area contributed by atoms with E-state index < -0.39 is 105 Å². The number of pyridine rings is 4. The van der Waals surface area contributed by atoms with Gasteiger partial charge in [-0.3, -0.25) is 29.3 Å². The van der Waals surface area contributed by atoms with E-state index in [0.717, 1.165) is 17.8 Å². The fraction of sp³-hybridized carbons (Fsp3) is 0.309. The zero-order valence-corrected chi connectivity index (χ0v) is 57.5. The highest BCUT2D eigenvalue weighted by Crippen LogP contribution is 2.67. The molecule has 0 spiro atoms. The molecule has 9 aromatic rings. The molecule has 6 unspecified atom stereocenters. The van der Waals surface area contributed by atoms with Crippen LogP contribution in [0.25, 0.3) is 11.1 Å². The highest BCUT2D eigenvalue weighted by molar-refractivity contribution is 7.89. The number of aromatic nitrogens is 8. The number of rotatable bonds is 21. The Morgan fingerprint density at radius 2 is 1.02 bits per heavy atom. The third-order valence-electron chi connectivity index (χ3n) is 21.1. The summed E-state index contributed by atoms with van der Waals surface area (Å²) in [5.74, 6) is -3.97. The van der Waals surface area contributed by atoms with Gasteiger partial charge >= 0.3 is 6.18 Å². The van der Waals surface area contributed by atoms with Crippen LogP contribution in [-0.4, -0.2) is 154 Å². The summed E-state index contributed by atoms with van der Waals surface area (Å²) in [4.78, 5) is 68.5. The predicted molar refractivity (Wildman–Crippen MR) is 359 cm³/mol. The van der Waals surface area contributed by atoms with Gasteiger partial charge in [-0.2, -0.15) is 26.1 Å². The Balaban J connectivity index is 0.664. The van der Waals surface area contributed by atoms with Crippen LogP contribution in [0.15, 0.2) is 186 Å². The van der Waals surface area contributed by atoms with Gasteiger partial charge in [0.15, 0.2) is 15.1 Å². The van der Waals surface area contributed by atoms with Crippen molar-refractivity contribution in [3.63, 3.8) is 0 Å². The van der Waals surface area contributed by atoms with Gasteiger partial charge < -0.3 is 25.1 Å². The molecule has 6 aliphatic rings. The number of carbonyl (C=O) groups is 3. The van der Waals surface area contributed by atoms with Gasteiger partial charge in [0.05, 0.1) is 62.9 Å². The van der Waals surface area contributed by atoms with Crippen LogP contribution in [0.3, 0.4) is 0 Å². The molecule has 3 aliphatic heterocycles. The molecule has 3 aliphatic carbocycles. The maximum absolute atomic E-state index is 14.9. The van der Waals surface area contributed by atoms with E-state index in [4.69, 9.17) is 44.8 Å². The van der Waals surface area contributed by atoms with Crippen LogP contribution in [0.2, 0.25) is 15.1 Å². The minimum atomic E-state index is -4.83. The van der Waals surface area contributed by atoms with Gasteiger partial charge in [0, 0.05) is 141 Å². The van der Waals surface area contributed by atoms with Crippen molar-refractivity contribution < 1.29 is 52.8 Å². The molecular formula is C68H60Cl3F3N14O9S3. The van der Waals surface area contributed by atoms with Gasteiger partial charge in [0.1, 0.15) is 0 Å². The lowest BCUT2D eigenvalue weighted by atomic mass is 9.89. The summed E-state index contributed by atoms with van der Waals surface area (Å²) < 4.78 is 136. The molecule has 6 aromatic heterocycles. The van der Waals surface area contributed by atoms with Crippen LogP contribution in [-0.2, 0) is 66.1 Å². The Morgan fingerprint density at radius 1 is 0.510 bits per heavy atom. The summed E-state index contributed by atoms with van der Waals surface area (Å²) in [5, 5.41) is 8.98. The molecule has 6 fully saturated rings. The van der Waals surface area contributed by atoms with E-state index in [2.05, 4.69) is 35.9 Å². The van der Waals surface area contributed by atoms with Crippen LogP contribution in [0.4, 0.5) is 13.2 Å². The fourth-order valence-corrected chi connectivity index (χ4v) is 21.0. The second-order valence-electron chi connectivity index (χ2n) is 26.2. The van der Waals surface area contributed by atoms with Crippen molar-refractivity contribution in [3.05, 3.63) is 231 Å². The van der Waals surface area contributed by atoms with E-state index in [0.29, 0.717) is 33.1 Å². The van der Waals surface area contributed by atoms with E-state index in [-0.39, 0.29) is 114 Å². The average Bonchev–Trinajstić information content (AvgIpc) is 1.49. The summed E-state index contributed by atoms with van der Waals surface area (Å²) in [6, 6.07) is 31.1. The van der Waals surface area contributed by atoms with Crippen LogP contribution < -0.4 is 16.0 Å². The lowest BCUT2D eigenvalue weighted by molar-refractivity contribution is -0.137. The third-order valence-corrected chi connectivity index (χ3v) is 27.2. The molecule has 15 rings (SSSR count). The molecule has 100 heavy (non-hydrogen) atoms. The van der Waals surface area contributed by atoms with Gasteiger partial charge in [-0.15, -0.1) is 0 Å². The van der Waals surface area contributed by atoms with Crippen LogP contribution in [0.5, 0.6) is 0 Å². The lowest BCUT2D eigenvalue weighted by Crippen LogP contribution is -2.42. The maximum atomic E-state index is 14.9. The number of fused-ring (bicyclic) bond motifs is 3. The summed E-state index contributed by atoms with van der Waals surface area (Å²) in [6.45, 7) is 0.201. The molecule has 3 saturated heterocycles. The van der Waals surface area contributed by atoms with E-state index in [1.807, 2.05) is 18.2 Å². The van der Waals surface area contributed by atoms with Gasteiger partial charge in [-0.1, -0.05) is 77.3 Å². The van der Waals surface area contributed by atoms with E-state index in [9.17, 15) is 52.8 Å². The monoisotopic (exact) mass is 1470 g/mol. The predicted octanol–water partition coefficient (Wildman–Crippen LogP) is 7.75. The van der Waals surface area contributed by atoms with Crippen molar-refractivity contribution in [1.82, 2.24) is 67.9 Å². The number of piperidine rings is 3. The molecule has 0 bridgehead atoms. The molecule has 0 radical (unpaired) electrons. The van der Waals surface area contributed by atoms with E-state index in [1.54, 1.807) is 90.7 Å². The van der Waals surface area contributed by atoms with Crippen molar-refractivity contribution >= 4 is 82.6 Å².